The lowest BCUT2D eigenvalue weighted by Gasteiger charge is -2.13. The summed E-state index contributed by atoms with van der Waals surface area (Å²) in [5.74, 6) is 0.201. The van der Waals surface area contributed by atoms with Gasteiger partial charge in [0.15, 0.2) is 10.8 Å². The molecule has 2 aromatic heterocycles. The Hall–Kier alpha value is -3.19. The number of fused-ring (bicyclic) bond motifs is 2. The molecular formula is C21H17ClN6O4S2. The molecule has 0 bridgehead atoms. The number of nitrogens with one attached hydrogen (secondary N) is 1. The monoisotopic (exact) mass is 516 g/mol. The molecule has 0 fully saturated rings. The maximum atomic E-state index is 13.2. The number of carbonyl (C=O) groups excluding carboxylic acids is 1. The Morgan fingerprint density at radius 3 is 2.56 bits per heavy atom. The highest BCUT2D eigenvalue weighted by atomic mass is 35.5. The molecule has 174 valence electrons. The van der Waals surface area contributed by atoms with Crippen molar-refractivity contribution in [2.45, 2.75) is 22.5 Å². The number of hydrogen-bond acceptors (Lipinski definition) is 7. The number of aromatic nitrogens is 4. The van der Waals surface area contributed by atoms with Gasteiger partial charge in [0.1, 0.15) is 5.39 Å². The molecule has 1 amide bonds. The van der Waals surface area contributed by atoms with E-state index in [-0.39, 0.29) is 28.8 Å². The molecule has 0 spiro atoms. The molecule has 5 rings (SSSR count). The van der Waals surface area contributed by atoms with Crippen LogP contribution in [0, 0.1) is 0 Å². The Balaban J connectivity index is 1.38. The van der Waals surface area contributed by atoms with Gasteiger partial charge in [0.25, 0.3) is 5.56 Å². The minimum absolute atomic E-state index is 0.0487. The molecule has 0 aliphatic carbocycles. The molecule has 13 heteroatoms. The van der Waals surface area contributed by atoms with Crippen LogP contribution in [0.1, 0.15) is 12.5 Å². The Labute approximate surface area is 202 Å². The molecule has 0 saturated carbocycles. The van der Waals surface area contributed by atoms with E-state index in [0.29, 0.717) is 32.7 Å². The first kappa shape index (κ1) is 22.6. The molecule has 0 radical (unpaired) electrons. The Bertz CT molecular complexity index is 1580. The van der Waals surface area contributed by atoms with Gasteiger partial charge in [0.05, 0.1) is 22.8 Å². The van der Waals surface area contributed by atoms with E-state index in [1.807, 2.05) is 0 Å². The third-order valence-electron chi connectivity index (χ3n) is 5.33. The Kier molecular flexibility index (Phi) is 5.68. The zero-order valence-electron chi connectivity index (χ0n) is 17.4. The van der Waals surface area contributed by atoms with E-state index in [9.17, 15) is 18.0 Å². The number of nitrogens with two attached hydrogens (primary N) is 1. The summed E-state index contributed by atoms with van der Waals surface area (Å²) < 4.78 is 25.9. The van der Waals surface area contributed by atoms with Crippen LogP contribution in [0.2, 0.25) is 5.02 Å². The zero-order chi connectivity index (χ0) is 24.0. The van der Waals surface area contributed by atoms with Gasteiger partial charge in [-0.15, -0.1) is 0 Å². The largest absolute Gasteiger partial charge is 0.326 e. The maximum absolute atomic E-state index is 13.2. The third kappa shape index (κ3) is 4.20. The molecule has 4 aromatic rings. The molecule has 3 N–H and O–H groups in total. The van der Waals surface area contributed by atoms with Crippen molar-refractivity contribution in [2.75, 3.05) is 11.1 Å². The second kappa shape index (κ2) is 8.55. The van der Waals surface area contributed by atoms with Gasteiger partial charge in [-0.05, 0) is 48.5 Å². The molecular weight excluding hydrogens is 500 g/mol. The SMILES string of the molecule is NS(=O)(=O)c1ccc(NC(=O)CC2CSc3nc4c(cnn4-c4ccc(Cl)cc4)c(=O)n32)cc1. The summed E-state index contributed by atoms with van der Waals surface area (Å²) in [5.41, 5.74) is 1.32. The summed E-state index contributed by atoms with van der Waals surface area (Å²) in [7, 11) is -3.81. The summed E-state index contributed by atoms with van der Waals surface area (Å²) in [6.07, 6.45) is 1.52. The number of thioether (sulfide) groups is 1. The summed E-state index contributed by atoms with van der Waals surface area (Å²) in [6.45, 7) is 0. The lowest BCUT2D eigenvalue weighted by molar-refractivity contribution is -0.116. The molecule has 2 aromatic carbocycles. The topological polar surface area (TPSA) is 142 Å². The van der Waals surface area contributed by atoms with Gasteiger partial charge in [-0.1, -0.05) is 23.4 Å². The molecule has 1 aliphatic heterocycles. The molecule has 1 unspecified atom stereocenters. The Morgan fingerprint density at radius 1 is 1.18 bits per heavy atom. The maximum Gasteiger partial charge on any atom is 0.265 e. The normalized spacial score (nSPS) is 15.4. The van der Waals surface area contributed by atoms with Crippen molar-refractivity contribution in [1.29, 1.82) is 0 Å². The van der Waals surface area contributed by atoms with Crippen molar-refractivity contribution < 1.29 is 13.2 Å². The fourth-order valence-electron chi connectivity index (χ4n) is 3.71. The highest BCUT2D eigenvalue weighted by Crippen LogP contribution is 2.33. The second-order valence-electron chi connectivity index (χ2n) is 7.63. The van der Waals surface area contributed by atoms with Gasteiger partial charge in [-0.3, -0.25) is 14.2 Å². The summed E-state index contributed by atoms with van der Waals surface area (Å²) >= 11 is 7.36. The van der Waals surface area contributed by atoms with Crippen molar-refractivity contribution in [3.05, 3.63) is 70.1 Å². The van der Waals surface area contributed by atoms with Crippen LogP contribution < -0.4 is 16.0 Å². The van der Waals surface area contributed by atoms with Crippen LogP contribution in [-0.2, 0) is 14.8 Å². The molecule has 1 atom stereocenters. The smallest absolute Gasteiger partial charge is 0.265 e. The highest BCUT2D eigenvalue weighted by Gasteiger charge is 2.29. The number of hydrogen-bond donors (Lipinski definition) is 2. The molecule has 34 heavy (non-hydrogen) atoms. The van der Waals surface area contributed by atoms with Crippen molar-refractivity contribution in [1.82, 2.24) is 19.3 Å². The van der Waals surface area contributed by atoms with E-state index in [4.69, 9.17) is 16.7 Å². The van der Waals surface area contributed by atoms with E-state index in [1.54, 1.807) is 28.9 Å². The fraction of sp³-hybridized carbons (Fsp3) is 0.143. The molecule has 3 heterocycles. The van der Waals surface area contributed by atoms with Gasteiger partial charge in [-0.25, -0.2) is 23.2 Å². The molecule has 0 saturated heterocycles. The number of carbonyl (C=O) groups is 1. The number of rotatable bonds is 5. The minimum atomic E-state index is -3.81. The van der Waals surface area contributed by atoms with Crippen LogP contribution in [-0.4, -0.2) is 39.4 Å². The van der Waals surface area contributed by atoms with Gasteiger partial charge in [-0.2, -0.15) is 5.10 Å². The number of halogens is 1. The average Bonchev–Trinajstić information content (AvgIpc) is 3.39. The number of benzene rings is 2. The quantitative estimate of drug-likeness (QED) is 0.388. The Morgan fingerprint density at radius 2 is 1.88 bits per heavy atom. The summed E-state index contributed by atoms with van der Waals surface area (Å²) in [5, 5.41) is 13.6. The van der Waals surface area contributed by atoms with Crippen LogP contribution in [0.5, 0.6) is 0 Å². The van der Waals surface area contributed by atoms with Crippen molar-refractivity contribution in [3.63, 3.8) is 0 Å². The molecule has 10 nitrogen and oxygen atoms in total. The number of amides is 1. The predicted molar refractivity (Wildman–Crippen MR) is 129 cm³/mol. The summed E-state index contributed by atoms with van der Waals surface area (Å²) in [4.78, 5) is 30.5. The predicted octanol–water partition coefficient (Wildman–Crippen LogP) is 2.56. The highest BCUT2D eigenvalue weighted by molar-refractivity contribution is 7.99. The van der Waals surface area contributed by atoms with Gasteiger partial charge in [0, 0.05) is 22.9 Å². The minimum Gasteiger partial charge on any atom is -0.326 e. The number of primary sulfonamides is 1. The van der Waals surface area contributed by atoms with E-state index < -0.39 is 10.0 Å². The van der Waals surface area contributed by atoms with Crippen LogP contribution in [0.25, 0.3) is 16.7 Å². The van der Waals surface area contributed by atoms with E-state index in [0.717, 1.165) is 5.69 Å². The second-order valence-corrected chi connectivity index (χ2v) is 10.6. The van der Waals surface area contributed by atoms with E-state index in [2.05, 4.69) is 15.4 Å². The van der Waals surface area contributed by atoms with Crippen molar-refractivity contribution in [2.24, 2.45) is 5.14 Å². The van der Waals surface area contributed by atoms with E-state index >= 15 is 0 Å². The van der Waals surface area contributed by atoms with Crippen LogP contribution in [0.3, 0.4) is 0 Å². The first-order valence-electron chi connectivity index (χ1n) is 10.0. The van der Waals surface area contributed by atoms with Gasteiger partial charge in [0.2, 0.25) is 15.9 Å². The third-order valence-corrected chi connectivity index (χ3v) is 7.61. The van der Waals surface area contributed by atoms with Crippen LogP contribution in [0.15, 0.2) is 69.6 Å². The number of nitrogens with zero attached hydrogens (tertiary/aromatic N) is 4. The van der Waals surface area contributed by atoms with E-state index in [1.165, 1.54) is 46.8 Å². The van der Waals surface area contributed by atoms with Gasteiger partial charge >= 0.3 is 0 Å². The standard InChI is InChI=1S/C21H17ClN6O4S2/c22-12-1-5-14(6-2-12)28-19-17(10-24-28)20(30)27-15(11-33-21(27)26-19)9-18(29)25-13-3-7-16(8-4-13)34(23,31)32/h1-8,10,15H,9,11H2,(H,25,29)(H2,23,31,32). The molecule has 1 aliphatic rings. The average molecular weight is 517 g/mol. The first-order valence-corrected chi connectivity index (χ1v) is 12.9. The van der Waals surface area contributed by atoms with Crippen molar-refractivity contribution in [3.8, 4) is 5.69 Å². The number of anilines is 1. The lowest BCUT2D eigenvalue weighted by Crippen LogP contribution is -2.27. The van der Waals surface area contributed by atoms with Crippen molar-refractivity contribution >= 4 is 56.0 Å². The number of sulfonamides is 1. The van der Waals surface area contributed by atoms with Gasteiger partial charge < -0.3 is 5.32 Å². The summed E-state index contributed by atoms with van der Waals surface area (Å²) in [6, 6.07) is 12.2. The lowest BCUT2D eigenvalue weighted by atomic mass is 10.2. The van der Waals surface area contributed by atoms with Crippen LogP contribution >= 0.6 is 23.4 Å². The zero-order valence-corrected chi connectivity index (χ0v) is 19.8. The van der Waals surface area contributed by atoms with Crippen LogP contribution in [0.4, 0.5) is 5.69 Å². The first-order chi connectivity index (χ1) is 16.2. The fourth-order valence-corrected chi connectivity index (χ4v) is 5.48.